The van der Waals surface area contributed by atoms with Gasteiger partial charge in [-0.3, -0.25) is 0 Å². The van der Waals surface area contributed by atoms with Gasteiger partial charge >= 0.3 is 0 Å². The van der Waals surface area contributed by atoms with Crippen molar-refractivity contribution in [1.82, 2.24) is 0 Å². The molecule has 0 amide bonds. The van der Waals surface area contributed by atoms with E-state index in [9.17, 15) is 10.2 Å². The van der Waals surface area contributed by atoms with Crippen molar-refractivity contribution >= 4 is 0 Å². The molecular formula is C14H26O4. The largest absolute Gasteiger partial charge is 0.390 e. The molecule has 0 spiro atoms. The van der Waals surface area contributed by atoms with Crippen LogP contribution in [0.3, 0.4) is 0 Å². The van der Waals surface area contributed by atoms with Crippen LogP contribution >= 0.6 is 0 Å². The van der Waals surface area contributed by atoms with Gasteiger partial charge in [0.2, 0.25) is 0 Å². The lowest BCUT2D eigenvalue weighted by atomic mass is 9.77. The molecule has 2 rings (SSSR count). The average Bonchev–Trinajstić information content (AvgIpc) is 2.64. The summed E-state index contributed by atoms with van der Waals surface area (Å²) in [5.74, 6) is 1.23. The number of rotatable bonds is 3. The SMILES string of the molecule is COCO[C@@H]1C[C@@H]2[C@H](C)CC[C@H]2[C@](C)(O)[C@H](O)C1. The highest BCUT2D eigenvalue weighted by atomic mass is 16.7. The zero-order valence-electron chi connectivity index (χ0n) is 11.6. The van der Waals surface area contributed by atoms with Gasteiger partial charge in [-0.25, -0.2) is 0 Å². The van der Waals surface area contributed by atoms with Crippen molar-refractivity contribution in [2.45, 2.75) is 57.3 Å². The van der Waals surface area contributed by atoms with Gasteiger partial charge in [0.25, 0.3) is 0 Å². The molecule has 0 aromatic rings. The number of ether oxygens (including phenoxy) is 2. The van der Waals surface area contributed by atoms with E-state index in [1.807, 2.05) is 0 Å². The smallest absolute Gasteiger partial charge is 0.146 e. The van der Waals surface area contributed by atoms with E-state index in [0.29, 0.717) is 18.3 Å². The summed E-state index contributed by atoms with van der Waals surface area (Å²) < 4.78 is 10.6. The molecule has 0 aromatic heterocycles. The Morgan fingerprint density at radius 1 is 1.28 bits per heavy atom. The van der Waals surface area contributed by atoms with Crippen LogP contribution in [0.4, 0.5) is 0 Å². The van der Waals surface area contributed by atoms with Crippen LogP contribution in [0, 0.1) is 17.8 Å². The lowest BCUT2D eigenvalue weighted by molar-refractivity contribution is -0.120. The van der Waals surface area contributed by atoms with Crippen LogP contribution in [0.15, 0.2) is 0 Å². The van der Waals surface area contributed by atoms with E-state index in [2.05, 4.69) is 6.92 Å². The minimum Gasteiger partial charge on any atom is -0.390 e. The molecule has 0 bridgehead atoms. The van der Waals surface area contributed by atoms with E-state index in [4.69, 9.17) is 9.47 Å². The third-order valence-electron chi connectivity index (χ3n) is 5.05. The number of methoxy groups -OCH3 is 1. The van der Waals surface area contributed by atoms with Crippen LogP contribution in [-0.2, 0) is 9.47 Å². The topological polar surface area (TPSA) is 58.9 Å². The zero-order chi connectivity index (χ0) is 13.3. The van der Waals surface area contributed by atoms with Crippen molar-refractivity contribution in [3.63, 3.8) is 0 Å². The third kappa shape index (κ3) is 2.57. The van der Waals surface area contributed by atoms with Crippen LogP contribution in [-0.4, -0.2) is 41.9 Å². The maximum Gasteiger partial charge on any atom is 0.146 e. The fourth-order valence-electron chi connectivity index (χ4n) is 3.82. The first kappa shape index (κ1) is 14.3. The highest BCUT2D eigenvalue weighted by Gasteiger charge is 2.51. The molecule has 0 radical (unpaired) electrons. The van der Waals surface area contributed by atoms with Gasteiger partial charge in [0.05, 0.1) is 17.8 Å². The molecule has 2 aliphatic carbocycles. The van der Waals surface area contributed by atoms with E-state index in [0.717, 1.165) is 19.3 Å². The lowest BCUT2D eigenvalue weighted by Crippen LogP contribution is -2.46. The minimum atomic E-state index is -0.986. The number of hydrogen-bond acceptors (Lipinski definition) is 4. The number of aliphatic hydroxyl groups is 2. The van der Waals surface area contributed by atoms with Gasteiger partial charge in [-0.1, -0.05) is 13.3 Å². The molecule has 106 valence electrons. The molecule has 2 saturated carbocycles. The monoisotopic (exact) mass is 258 g/mol. The molecule has 18 heavy (non-hydrogen) atoms. The Morgan fingerprint density at radius 3 is 2.67 bits per heavy atom. The summed E-state index contributed by atoms with van der Waals surface area (Å²) in [6, 6.07) is 0. The van der Waals surface area contributed by atoms with Gasteiger partial charge in [0, 0.05) is 13.5 Å². The van der Waals surface area contributed by atoms with Crippen LogP contribution in [0.2, 0.25) is 0 Å². The van der Waals surface area contributed by atoms with Crippen molar-refractivity contribution in [3.05, 3.63) is 0 Å². The molecule has 6 atom stereocenters. The van der Waals surface area contributed by atoms with Crippen molar-refractivity contribution in [1.29, 1.82) is 0 Å². The molecule has 0 aromatic carbocycles. The van der Waals surface area contributed by atoms with Gasteiger partial charge in [-0.2, -0.15) is 0 Å². The molecule has 0 heterocycles. The van der Waals surface area contributed by atoms with E-state index in [-0.39, 0.29) is 18.8 Å². The summed E-state index contributed by atoms with van der Waals surface area (Å²) >= 11 is 0. The predicted molar refractivity (Wildman–Crippen MR) is 68.0 cm³/mol. The number of hydrogen-bond donors (Lipinski definition) is 2. The molecule has 0 unspecified atom stereocenters. The Morgan fingerprint density at radius 2 is 2.00 bits per heavy atom. The van der Waals surface area contributed by atoms with Gasteiger partial charge in [0.1, 0.15) is 6.79 Å². The van der Waals surface area contributed by atoms with Crippen LogP contribution in [0.1, 0.15) is 39.5 Å². The summed E-state index contributed by atoms with van der Waals surface area (Å²) in [5.41, 5.74) is -0.986. The van der Waals surface area contributed by atoms with Crippen molar-refractivity contribution in [3.8, 4) is 0 Å². The maximum absolute atomic E-state index is 10.6. The van der Waals surface area contributed by atoms with Gasteiger partial charge < -0.3 is 19.7 Å². The quantitative estimate of drug-likeness (QED) is 0.754. The Hall–Kier alpha value is -0.160. The zero-order valence-corrected chi connectivity index (χ0v) is 11.6. The second kappa shape index (κ2) is 5.45. The molecule has 0 saturated heterocycles. The normalized spacial score (nSPS) is 48.8. The summed E-state index contributed by atoms with van der Waals surface area (Å²) in [7, 11) is 1.60. The highest BCUT2D eigenvalue weighted by Crippen LogP contribution is 2.49. The second-order valence-corrected chi connectivity index (χ2v) is 6.23. The first-order valence-electron chi connectivity index (χ1n) is 6.97. The molecular weight excluding hydrogens is 232 g/mol. The lowest BCUT2D eigenvalue weighted by Gasteiger charge is -2.36. The molecule has 4 heteroatoms. The Labute approximate surface area is 109 Å². The Bertz CT molecular complexity index is 279. The number of aliphatic hydroxyl groups excluding tert-OH is 1. The van der Waals surface area contributed by atoms with E-state index in [1.54, 1.807) is 14.0 Å². The Kier molecular flexibility index (Phi) is 4.32. The van der Waals surface area contributed by atoms with Crippen LogP contribution < -0.4 is 0 Å². The van der Waals surface area contributed by atoms with Crippen molar-refractivity contribution < 1.29 is 19.7 Å². The first-order chi connectivity index (χ1) is 8.46. The second-order valence-electron chi connectivity index (χ2n) is 6.23. The molecule has 2 fully saturated rings. The fourth-order valence-corrected chi connectivity index (χ4v) is 3.82. The van der Waals surface area contributed by atoms with E-state index in [1.165, 1.54) is 0 Å². The third-order valence-corrected chi connectivity index (χ3v) is 5.05. The fraction of sp³-hybridized carbons (Fsp3) is 1.00. The van der Waals surface area contributed by atoms with Gasteiger partial charge in [-0.05, 0) is 37.5 Å². The number of fused-ring (bicyclic) bond motifs is 1. The van der Waals surface area contributed by atoms with Crippen LogP contribution in [0.5, 0.6) is 0 Å². The minimum absolute atomic E-state index is 0.0121. The maximum atomic E-state index is 10.6. The van der Waals surface area contributed by atoms with Gasteiger partial charge in [0.15, 0.2) is 0 Å². The average molecular weight is 258 g/mol. The van der Waals surface area contributed by atoms with E-state index < -0.39 is 11.7 Å². The standard InChI is InChI=1S/C14H26O4/c1-9-4-5-12-11(9)6-10(18-8-17-3)7-13(15)14(12,2)16/h9-13,15-16H,4-8H2,1-3H3/t9-,10-,11-,12-,13-,14+/m1/s1. The summed E-state index contributed by atoms with van der Waals surface area (Å²) in [4.78, 5) is 0. The van der Waals surface area contributed by atoms with Crippen LogP contribution in [0.25, 0.3) is 0 Å². The highest BCUT2D eigenvalue weighted by molar-refractivity contribution is 5.01. The summed E-state index contributed by atoms with van der Waals surface area (Å²) in [6.45, 7) is 4.28. The molecule has 4 nitrogen and oxygen atoms in total. The Balaban J connectivity index is 2.13. The molecule has 0 aliphatic heterocycles. The van der Waals surface area contributed by atoms with Crippen molar-refractivity contribution in [2.24, 2.45) is 17.8 Å². The first-order valence-corrected chi connectivity index (χ1v) is 6.97. The molecule has 2 N–H and O–H groups in total. The van der Waals surface area contributed by atoms with E-state index >= 15 is 0 Å². The van der Waals surface area contributed by atoms with Crippen molar-refractivity contribution in [2.75, 3.05) is 13.9 Å². The molecule has 2 aliphatic rings. The summed E-state index contributed by atoms with van der Waals surface area (Å²) in [6.07, 6.45) is 2.84. The summed E-state index contributed by atoms with van der Waals surface area (Å²) in [5, 5.41) is 20.9. The predicted octanol–water partition coefficient (Wildman–Crippen LogP) is 1.54. The van der Waals surface area contributed by atoms with Gasteiger partial charge in [-0.15, -0.1) is 0 Å².